The van der Waals surface area contributed by atoms with Crippen LogP contribution in [-0.4, -0.2) is 51.7 Å². The van der Waals surface area contributed by atoms with Gasteiger partial charge in [-0.25, -0.2) is 4.79 Å². The number of nitrogens with one attached hydrogen (secondary N) is 2. The van der Waals surface area contributed by atoms with Gasteiger partial charge in [-0.3, -0.25) is 19.3 Å². The number of ether oxygens (including phenoxy) is 3. The Bertz CT molecular complexity index is 2220. The molecule has 298 valence electrons. The van der Waals surface area contributed by atoms with E-state index in [0.29, 0.717) is 5.75 Å². The summed E-state index contributed by atoms with van der Waals surface area (Å²) in [7, 11) is 0. The largest absolute Gasteiger partial charge is 0.445 e. The van der Waals surface area contributed by atoms with Crippen LogP contribution < -0.4 is 10.6 Å². The van der Waals surface area contributed by atoms with Crippen LogP contribution in [0.15, 0.2) is 132 Å². The van der Waals surface area contributed by atoms with Gasteiger partial charge >= 0.3 is 6.09 Å². The van der Waals surface area contributed by atoms with Gasteiger partial charge < -0.3 is 30.0 Å². The molecule has 4 amide bonds. The van der Waals surface area contributed by atoms with Gasteiger partial charge in [0.15, 0.2) is 6.29 Å². The minimum atomic E-state index is -1.00. The van der Waals surface area contributed by atoms with E-state index in [1.54, 1.807) is 11.8 Å². The Balaban J connectivity index is 1.04. The van der Waals surface area contributed by atoms with Gasteiger partial charge in [0.2, 0.25) is 11.8 Å². The molecule has 5 aromatic rings. The Morgan fingerprint density at radius 1 is 0.828 bits per heavy atom. The van der Waals surface area contributed by atoms with Gasteiger partial charge in [0, 0.05) is 34.7 Å². The molecule has 2 aliphatic rings. The molecule has 0 radical (unpaired) electrons. The molecule has 2 fully saturated rings. The predicted molar refractivity (Wildman–Crippen MR) is 220 cm³/mol. The fraction of sp³-hybridized carbons (Fsp3) is 0.261. The van der Waals surface area contributed by atoms with Crippen molar-refractivity contribution in [1.82, 2.24) is 10.2 Å². The topological polar surface area (TPSA) is 144 Å². The molecule has 0 spiro atoms. The summed E-state index contributed by atoms with van der Waals surface area (Å²) in [6.45, 7) is 3.66. The summed E-state index contributed by atoms with van der Waals surface area (Å²) in [6, 6.07) is 39.2. The van der Waals surface area contributed by atoms with Crippen LogP contribution in [-0.2, 0) is 48.4 Å². The molecular weight excluding hydrogens is 755 g/mol. The molecule has 2 saturated heterocycles. The monoisotopic (exact) mass is 799 g/mol. The van der Waals surface area contributed by atoms with Gasteiger partial charge in [-0.1, -0.05) is 110 Å². The molecule has 12 heteroatoms. The summed E-state index contributed by atoms with van der Waals surface area (Å²) in [4.78, 5) is 52.6. The SMILES string of the molecule is CC(=O)Nc1ccc(SCC2OC(c3ccc(-c4ccccc4CN4C(=O)CC(NC(=O)OCc5ccccc5)C4=O)cc3)OC(c3ccc(CO)cc3)C2C)cc1. The van der Waals surface area contributed by atoms with Crippen molar-refractivity contribution in [2.45, 2.75) is 69.5 Å². The minimum Gasteiger partial charge on any atom is -0.445 e. The highest BCUT2D eigenvalue weighted by molar-refractivity contribution is 7.99. The predicted octanol–water partition coefficient (Wildman–Crippen LogP) is 7.94. The Kier molecular flexibility index (Phi) is 13.0. The van der Waals surface area contributed by atoms with Gasteiger partial charge in [0.05, 0.1) is 31.8 Å². The normalized spacial score (nSPS) is 20.5. The molecule has 0 aromatic heterocycles. The minimum absolute atomic E-state index is 0.000675. The third-order valence-electron chi connectivity index (χ3n) is 10.3. The first-order valence-corrected chi connectivity index (χ1v) is 20.1. The van der Waals surface area contributed by atoms with Crippen LogP contribution in [0.4, 0.5) is 10.5 Å². The summed E-state index contributed by atoms with van der Waals surface area (Å²) in [5, 5.41) is 15.0. The molecule has 3 N–H and O–H groups in total. The number of likely N-dealkylation sites (tertiary alicyclic amines) is 1. The molecule has 0 saturated carbocycles. The number of aliphatic hydroxyl groups excluding tert-OH is 1. The molecule has 0 bridgehead atoms. The van der Waals surface area contributed by atoms with Crippen LogP contribution >= 0.6 is 11.8 Å². The van der Waals surface area contributed by atoms with Crippen LogP contribution in [0.3, 0.4) is 0 Å². The van der Waals surface area contributed by atoms with E-state index in [1.807, 2.05) is 127 Å². The number of rotatable bonds is 13. The fourth-order valence-electron chi connectivity index (χ4n) is 7.12. The van der Waals surface area contributed by atoms with E-state index in [4.69, 9.17) is 14.2 Å². The second-order valence-electron chi connectivity index (χ2n) is 14.4. The van der Waals surface area contributed by atoms with Gasteiger partial charge in [-0.05, 0) is 57.6 Å². The number of thioether (sulfide) groups is 1. The van der Waals surface area contributed by atoms with Crippen LogP contribution in [0.5, 0.6) is 0 Å². The van der Waals surface area contributed by atoms with Crippen molar-refractivity contribution in [2.24, 2.45) is 5.92 Å². The maximum absolute atomic E-state index is 13.4. The number of nitrogens with zero attached hydrogens (tertiary/aromatic N) is 1. The quantitative estimate of drug-likeness (QED) is 0.0799. The second-order valence-corrected chi connectivity index (χ2v) is 15.5. The number of anilines is 1. The number of amides is 4. The van der Waals surface area contributed by atoms with Gasteiger partial charge in [-0.15, -0.1) is 11.8 Å². The summed E-state index contributed by atoms with van der Waals surface area (Å²) in [5.41, 5.74) is 6.70. The number of hydrogen-bond donors (Lipinski definition) is 3. The first kappa shape index (κ1) is 40.4. The van der Waals surface area contributed by atoms with Crippen LogP contribution in [0.25, 0.3) is 11.1 Å². The molecule has 2 aliphatic heterocycles. The number of hydrogen-bond acceptors (Lipinski definition) is 9. The highest BCUT2D eigenvalue weighted by Gasteiger charge is 2.40. The summed E-state index contributed by atoms with van der Waals surface area (Å²) in [5.74, 6) is -0.317. The van der Waals surface area contributed by atoms with Crippen molar-refractivity contribution < 1.29 is 38.5 Å². The third kappa shape index (κ3) is 9.83. The lowest BCUT2D eigenvalue weighted by Gasteiger charge is -2.41. The first-order valence-electron chi connectivity index (χ1n) is 19.2. The smallest absolute Gasteiger partial charge is 0.408 e. The number of alkyl carbamates (subject to hydrolysis) is 1. The van der Waals surface area contributed by atoms with Crippen molar-refractivity contribution in [3.05, 3.63) is 155 Å². The Hall–Kier alpha value is -5.79. The molecular formula is C46H45N3O8S. The Morgan fingerprint density at radius 2 is 1.52 bits per heavy atom. The molecule has 7 rings (SSSR count). The van der Waals surface area contributed by atoms with E-state index in [-0.39, 0.29) is 56.1 Å². The molecule has 5 aromatic carbocycles. The summed E-state index contributed by atoms with van der Waals surface area (Å²) in [6.07, 6.45) is -2.03. The van der Waals surface area contributed by atoms with E-state index >= 15 is 0 Å². The Labute approximate surface area is 341 Å². The molecule has 5 unspecified atom stereocenters. The molecule has 11 nitrogen and oxygen atoms in total. The maximum Gasteiger partial charge on any atom is 0.408 e. The zero-order valence-electron chi connectivity index (χ0n) is 32.2. The van der Waals surface area contributed by atoms with Crippen molar-refractivity contribution in [1.29, 1.82) is 0 Å². The zero-order chi connectivity index (χ0) is 40.6. The van der Waals surface area contributed by atoms with Crippen molar-refractivity contribution in [2.75, 3.05) is 11.1 Å². The summed E-state index contributed by atoms with van der Waals surface area (Å²) >= 11 is 1.67. The number of imide groups is 1. The average molecular weight is 800 g/mol. The van der Waals surface area contributed by atoms with Gasteiger partial charge in [-0.2, -0.15) is 0 Å². The van der Waals surface area contributed by atoms with Crippen molar-refractivity contribution in [3.63, 3.8) is 0 Å². The van der Waals surface area contributed by atoms with Crippen LogP contribution in [0.1, 0.15) is 60.5 Å². The lowest BCUT2D eigenvalue weighted by atomic mass is 9.91. The number of carbonyl (C=O) groups excluding carboxylic acids is 4. The highest BCUT2D eigenvalue weighted by atomic mass is 32.2. The van der Waals surface area contributed by atoms with E-state index in [1.165, 1.54) is 11.8 Å². The maximum atomic E-state index is 13.4. The number of aliphatic hydroxyl groups is 1. The molecule has 0 aliphatic carbocycles. The van der Waals surface area contributed by atoms with E-state index in [0.717, 1.165) is 49.5 Å². The van der Waals surface area contributed by atoms with E-state index in [2.05, 4.69) is 17.6 Å². The lowest BCUT2D eigenvalue weighted by molar-refractivity contribution is -0.268. The number of benzene rings is 5. The standard InChI is InChI=1S/C46H45N3O8S/c1-29-41(28-58-38-22-20-37(21-23-38)47-30(2)51)56-45(57-43(29)34-14-12-31(26-50)13-15-34)35-18-16-33(17-19-35)39-11-7-6-10-36(39)25-49-42(52)24-40(44(49)53)48-46(54)55-27-32-8-4-3-5-9-32/h3-23,29,40-41,43,45,50H,24-28H2,1-2H3,(H,47,51)(H,48,54). The van der Waals surface area contributed by atoms with E-state index < -0.39 is 24.3 Å². The van der Waals surface area contributed by atoms with Crippen molar-refractivity contribution in [3.8, 4) is 11.1 Å². The van der Waals surface area contributed by atoms with Crippen LogP contribution in [0, 0.1) is 5.92 Å². The average Bonchev–Trinajstić information content (AvgIpc) is 3.50. The Morgan fingerprint density at radius 3 is 2.22 bits per heavy atom. The fourth-order valence-corrected chi connectivity index (χ4v) is 8.19. The first-order chi connectivity index (χ1) is 28.1. The van der Waals surface area contributed by atoms with E-state index in [9.17, 15) is 24.3 Å². The molecule has 2 heterocycles. The van der Waals surface area contributed by atoms with Crippen molar-refractivity contribution >= 4 is 41.3 Å². The third-order valence-corrected chi connectivity index (χ3v) is 11.4. The van der Waals surface area contributed by atoms with Gasteiger partial charge in [0.25, 0.3) is 5.91 Å². The lowest BCUT2D eigenvalue weighted by Crippen LogP contribution is -2.41. The van der Waals surface area contributed by atoms with Gasteiger partial charge in [0.1, 0.15) is 12.6 Å². The summed E-state index contributed by atoms with van der Waals surface area (Å²) < 4.78 is 18.6. The number of carbonyl (C=O) groups is 4. The second kappa shape index (κ2) is 18.6. The zero-order valence-corrected chi connectivity index (χ0v) is 33.0. The highest BCUT2D eigenvalue weighted by Crippen LogP contribution is 2.43. The van der Waals surface area contributed by atoms with Crippen LogP contribution in [0.2, 0.25) is 0 Å². The molecule has 5 atom stereocenters. The molecule has 58 heavy (non-hydrogen) atoms.